The van der Waals surface area contributed by atoms with Gasteiger partial charge in [-0.1, -0.05) is 18.2 Å². The molecule has 0 fully saturated rings. The molecule has 0 aromatic heterocycles. The van der Waals surface area contributed by atoms with Crippen LogP contribution in [0.2, 0.25) is 0 Å². The number of phenolic OH excluding ortho intramolecular Hbond substituents is 3. The molecule has 0 amide bonds. The average molecular weight is 595 g/mol. The van der Waals surface area contributed by atoms with Crippen LogP contribution in [0.15, 0.2) is 54.6 Å². The van der Waals surface area contributed by atoms with Gasteiger partial charge in [-0.2, -0.15) is 0 Å². The summed E-state index contributed by atoms with van der Waals surface area (Å²) in [6.07, 6.45) is 3.27. The molecule has 0 bridgehead atoms. The molecule has 0 spiro atoms. The molecule has 1 aliphatic carbocycles. The molecule has 8 heteroatoms. The number of rotatable bonds is 6. The number of ether oxygens (including phenoxy) is 3. The Bertz CT molecular complexity index is 1750. The quantitative estimate of drug-likeness (QED) is 0.245. The minimum Gasteiger partial charge on any atom is -0.504 e. The van der Waals surface area contributed by atoms with Crippen LogP contribution >= 0.6 is 0 Å². The molecule has 2 aliphatic heterocycles. The van der Waals surface area contributed by atoms with E-state index in [4.69, 9.17) is 14.2 Å². The summed E-state index contributed by atoms with van der Waals surface area (Å²) >= 11 is 0. The van der Waals surface area contributed by atoms with Crippen molar-refractivity contribution in [1.82, 2.24) is 9.80 Å². The lowest BCUT2D eigenvalue weighted by Gasteiger charge is -2.40. The van der Waals surface area contributed by atoms with E-state index in [2.05, 4.69) is 23.9 Å². The molecule has 3 aliphatic rings. The van der Waals surface area contributed by atoms with Crippen LogP contribution in [0.25, 0.3) is 11.1 Å². The molecule has 0 saturated carbocycles. The van der Waals surface area contributed by atoms with Crippen LogP contribution in [0, 0.1) is 0 Å². The van der Waals surface area contributed by atoms with Crippen LogP contribution in [0.4, 0.5) is 0 Å². The van der Waals surface area contributed by atoms with E-state index < -0.39 is 0 Å². The van der Waals surface area contributed by atoms with Gasteiger partial charge in [-0.25, -0.2) is 0 Å². The predicted molar refractivity (Wildman–Crippen MR) is 168 cm³/mol. The number of aromatic hydroxyl groups is 3. The minimum absolute atomic E-state index is 0.0158. The van der Waals surface area contributed by atoms with Crippen molar-refractivity contribution in [3.63, 3.8) is 0 Å². The van der Waals surface area contributed by atoms with Crippen LogP contribution in [-0.4, -0.2) is 66.5 Å². The summed E-state index contributed by atoms with van der Waals surface area (Å²) < 4.78 is 17.4. The molecular formula is C36H38N2O6. The van der Waals surface area contributed by atoms with Crippen molar-refractivity contribution in [2.24, 2.45) is 0 Å². The summed E-state index contributed by atoms with van der Waals surface area (Å²) in [5, 5.41) is 33.0. The molecule has 0 radical (unpaired) electrons. The van der Waals surface area contributed by atoms with Crippen molar-refractivity contribution in [2.75, 3.05) is 41.4 Å². The van der Waals surface area contributed by atoms with Gasteiger partial charge in [0.2, 0.25) is 0 Å². The lowest BCUT2D eigenvalue weighted by Crippen LogP contribution is -2.35. The molecule has 4 aromatic rings. The predicted octanol–water partition coefficient (Wildman–Crippen LogP) is 6.14. The molecule has 7 rings (SSSR count). The zero-order chi connectivity index (χ0) is 30.7. The second-order valence-electron chi connectivity index (χ2n) is 12.2. The van der Waals surface area contributed by atoms with E-state index in [0.29, 0.717) is 34.1 Å². The summed E-state index contributed by atoms with van der Waals surface area (Å²) in [5.41, 5.74) is 8.07. The molecule has 2 atom stereocenters. The Labute approximate surface area is 257 Å². The number of likely N-dealkylation sites (N-methyl/N-ethyl adjacent to an activating group) is 2. The fraction of sp³-hybridized carbons (Fsp3) is 0.333. The molecule has 4 aromatic carbocycles. The van der Waals surface area contributed by atoms with Crippen molar-refractivity contribution in [3.8, 4) is 51.4 Å². The molecule has 3 N–H and O–H groups in total. The summed E-state index contributed by atoms with van der Waals surface area (Å²) in [6.45, 7) is 1.84. The molecule has 0 unspecified atom stereocenters. The SMILES string of the molecule is COc1cc2c(cc1O)[C@H](Cc1ccc(Oc3c(O)ccc4c3-c3c(O)c(OC)cc5c3[C@@H](C4)N(C)CC5)cc1)N(C)CC2. The highest BCUT2D eigenvalue weighted by atomic mass is 16.5. The van der Waals surface area contributed by atoms with E-state index in [1.165, 1.54) is 5.56 Å². The summed E-state index contributed by atoms with van der Waals surface area (Å²) in [4.78, 5) is 4.64. The smallest absolute Gasteiger partial charge is 0.177 e. The van der Waals surface area contributed by atoms with Crippen molar-refractivity contribution in [1.29, 1.82) is 0 Å². The van der Waals surface area contributed by atoms with E-state index in [0.717, 1.165) is 66.6 Å². The first-order valence-electron chi connectivity index (χ1n) is 15.1. The van der Waals surface area contributed by atoms with E-state index in [9.17, 15) is 15.3 Å². The van der Waals surface area contributed by atoms with Crippen LogP contribution < -0.4 is 14.2 Å². The fourth-order valence-corrected chi connectivity index (χ4v) is 7.32. The Morgan fingerprint density at radius 2 is 1.45 bits per heavy atom. The van der Waals surface area contributed by atoms with Gasteiger partial charge in [0.15, 0.2) is 34.5 Å². The van der Waals surface area contributed by atoms with E-state index in [-0.39, 0.29) is 29.3 Å². The monoisotopic (exact) mass is 594 g/mol. The normalized spacial score (nSPS) is 19.1. The fourth-order valence-electron chi connectivity index (χ4n) is 7.32. The van der Waals surface area contributed by atoms with Crippen molar-refractivity contribution in [2.45, 2.75) is 37.8 Å². The third kappa shape index (κ3) is 4.60. The summed E-state index contributed by atoms with van der Waals surface area (Å²) in [7, 11) is 7.37. The van der Waals surface area contributed by atoms with Gasteiger partial charge in [0.1, 0.15) is 5.75 Å². The van der Waals surface area contributed by atoms with Gasteiger partial charge >= 0.3 is 0 Å². The molecule has 44 heavy (non-hydrogen) atoms. The van der Waals surface area contributed by atoms with Crippen LogP contribution in [0.3, 0.4) is 0 Å². The number of phenols is 3. The van der Waals surface area contributed by atoms with E-state index in [1.54, 1.807) is 20.3 Å². The number of hydrogen-bond donors (Lipinski definition) is 3. The largest absolute Gasteiger partial charge is 0.504 e. The Kier molecular flexibility index (Phi) is 7.06. The first kappa shape index (κ1) is 28.4. The van der Waals surface area contributed by atoms with E-state index in [1.807, 2.05) is 48.5 Å². The maximum atomic E-state index is 11.4. The Morgan fingerprint density at radius 1 is 0.750 bits per heavy atom. The third-order valence-corrected chi connectivity index (χ3v) is 9.73. The highest BCUT2D eigenvalue weighted by Gasteiger charge is 2.38. The number of fused-ring (bicyclic) bond motifs is 3. The Morgan fingerprint density at radius 3 is 2.20 bits per heavy atom. The van der Waals surface area contributed by atoms with Crippen LogP contribution in [0.5, 0.6) is 40.2 Å². The molecule has 0 saturated heterocycles. The van der Waals surface area contributed by atoms with Gasteiger partial charge in [0, 0.05) is 36.3 Å². The number of nitrogens with zero attached hydrogens (tertiary/aromatic N) is 2. The lowest BCUT2D eigenvalue weighted by atomic mass is 9.76. The second kappa shape index (κ2) is 10.9. The zero-order valence-electron chi connectivity index (χ0n) is 25.6. The topological polar surface area (TPSA) is 94.9 Å². The van der Waals surface area contributed by atoms with E-state index >= 15 is 0 Å². The molecule has 2 heterocycles. The zero-order valence-corrected chi connectivity index (χ0v) is 25.6. The number of hydrogen-bond acceptors (Lipinski definition) is 8. The molecule has 228 valence electrons. The van der Waals surface area contributed by atoms with Gasteiger partial charge < -0.3 is 29.5 Å². The standard InChI is InChI=1S/C36H38N2O6/c1-37-13-11-21-17-30(42-3)29(40)19-25(21)26(37)15-20-5-8-24(9-6-20)44-36-28(39)10-7-22-16-27-32-23(12-14-38(27)2)18-31(43-4)35(41)34(32)33(22)36/h5-10,17-19,26-27,39-41H,11-16H2,1-4H3/t26-,27+/m0/s1. The highest BCUT2D eigenvalue weighted by Crippen LogP contribution is 2.56. The Balaban J connectivity index is 1.22. The maximum absolute atomic E-state index is 11.4. The summed E-state index contributed by atoms with van der Waals surface area (Å²) in [6, 6.07) is 17.5. The highest BCUT2D eigenvalue weighted by molar-refractivity contribution is 5.88. The summed E-state index contributed by atoms with van der Waals surface area (Å²) in [5.74, 6) is 2.09. The number of benzene rings is 4. The molecular weight excluding hydrogens is 556 g/mol. The first-order valence-corrected chi connectivity index (χ1v) is 15.1. The van der Waals surface area contributed by atoms with Crippen molar-refractivity contribution >= 4 is 0 Å². The lowest BCUT2D eigenvalue weighted by molar-refractivity contribution is 0.226. The average Bonchev–Trinajstić information content (AvgIpc) is 3.03. The van der Waals surface area contributed by atoms with Gasteiger partial charge in [-0.05, 0) is 110 Å². The van der Waals surface area contributed by atoms with Crippen molar-refractivity contribution in [3.05, 3.63) is 88.0 Å². The van der Waals surface area contributed by atoms with Gasteiger partial charge in [0.05, 0.1) is 14.2 Å². The number of methoxy groups -OCH3 is 2. The van der Waals surface area contributed by atoms with Crippen LogP contribution in [-0.2, 0) is 25.7 Å². The van der Waals surface area contributed by atoms with Gasteiger partial charge in [-0.15, -0.1) is 0 Å². The minimum atomic E-state index is 0.0158. The first-order chi connectivity index (χ1) is 21.3. The van der Waals surface area contributed by atoms with Crippen LogP contribution in [0.1, 0.15) is 45.5 Å². The third-order valence-electron chi connectivity index (χ3n) is 9.73. The maximum Gasteiger partial charge on any atom is 0.177 e. The second-order valence-corrected chi connectivity index (χ2v) is 12.2. The van der Waals surface area contributed by atoms with Gasteiger partial charge in [0.25, 0.3) is 0 Å². The Hall–Kier alpha value is -4.40. The molecule has 8 nitrogen and oxygen atoms in total. The van der Waals surface area contributed by atoms with Crippen molar-refractivity contribution < 1.29 is 29.5 Å². The van der Waals surface area contributed by atoms with Gasteiger partial charge in [-0.3, -0.25) is 9.80 Å².